The van der Waals surface area contributed by atoms with E-state index in [9.17, 15) is 13.2 Å². The molecule has 1 aliphatic heterocycles. The van der Waals surface area contributed by atoms with E-state index in [4.69, 9.17) is 23.2 Å². The smallest absolute Gasteiger partial charge is 0.248 e. The first kappa shape index (κ1) is 20.1. The standard InChI is InChI=1S/C16H19Cl2N5O3S/c1-27(25,26)23-6-4-12(5-7-23)15(24)20-16-19-10-22(21-16)9-11-2-3-13(17)14(18)8-11/h2-3,8,10,12H,4-7,9H2,1H3,(H,20,21,24). The average molecular weight is 432 g/mol. The summed E-state index contributed by atoms with van der Waals surface area (Å²) < 4.78 is 26.0. The van der Waals surface area contributed by atoms with Gasteiger partial charge < -0.3 is 0 Å². The van der Waals surface area contributed by atoms with Crippen LogP contribution in [0.25, 0.3) is 0 Å². The third kappa shape index (κ3) is 5.19. The van der Waals surface area contributed by atoms with Gasteiger partial charge >= 0.3 is 0 Å². The minimum absolute atomic E-state index is 0.199. The molecule has 1 saturated heterocycles. The maximum Gasteiger partial charge on any atom is 0.248 e. The molecule has 2 aromatic rings. The highest BCUT2D eigenvalue weighted by atomic mass is 35.5. The molecule has 1 N–H and O–H groups in total. The first-order valence-electron chi connectivity index (χ1n) is 8.32. The second-order valence-electron chi connectivity index (χ2n) is 6.44. The molecule has 1 aromatic carbocycles. The number of piperidine rings is 1. The highest BCUT2D eigenvalue weighted by Crippen LogP contribution is 2.23. The molecule has 1 amide bonds. The molecule has 0 saturated carbocycles. The molecule has 0 aliphatic carbocycles. The van der Waals surface area contributed by atoms with Crippen LogP contribution in [0.4, 0.5) is 5.95 Å². The Labute approximate surface area is 167 Å². The van der Waals surface area contributed by atoms with Crippen LogP contribution in [0.2, 0.25) is 10.0 Å². The van der Waals surface area contributed by atoms with Crippen LogP contribution < -0.4 is 5.32 Å². The topological polar surface area (TPSA) is 97.2 Å². The number of hydrogen-bond donors (Lipinski definition) is 1. The van der Waals surface area contributed by atoms with Crippen molar-refractivity contribution in [2.75, 3.05) is 24.7 Å². The number of rotatable bonds is 5. The predicted molar refractivity (Wildman–Crippen MR) is 103 cm³/mol. The van der Waals surface area contributed by atoms with Crippen LogP contribution in [-0.2, 0) is 21.4 Å². The van der Waals surface area contributed by atoms with Crippen molar-refractivity contribution in [2.24, 2.45) is 5.92 Å². The van der Waals surface area contributed by atoms with Crippen molar-refractivity contribution >= 4 is 45.1 Å². The lowest BCUT2D eigenvalue weighted by Gasteiger charge is -2.29. The summed E-state index contributed by atoms with van der Waals surface area (Å²) in [6.07, 6.45) is 3.65. The van der Waals surface area contributed by atoms with Crippen molar-refractivity contribution in [2.45, 2.75) is 19.4 Å². The minimum Gasteiger partial charge on any atom is -0.293 e. The van der Waals surface area contributed by atoms with E-state index in [1.165, 1.54) is 16.9 Å². The van der Waals surface area contributed by atoms with Gasteiger partial charge in [0.1, 0.15) is 6.33 Å². The molecule has 146 valence electrons. The molecular weight excluding hydrogens is 413 g/mol. The summed E-state index contributed by atoms with van der Waals surface area (Å²) in [6, 6.07) is 5.30. The van der Waals surface area contributed by atoms with Crippen LogP contribution in [0.15, 0.2) is 24.5 Å². The van der Waals surface area contributed by atoms with Crippen molar-refractivity contribution in [1.29, 1.82) is 0 Å². The van der Waals surface area contributed by atoms with E-state index in [2.05, 4.69) is 15.4 Å². The summed E-state index contributed by atoms with van der Waals surface area (Å²) in [6.45, 7) is 1.12. The minimum atomic E-state index is -3.21. The van der Waals surface area contributed by atoms with E-state index in [1.54, 1.807) is 16.8 Å². The molecule has 11 heteroatoms. The van der Waals surface area contributed by atoms with Gasteiger partial charge in [-0.1, -0.05) is 29.3 Å². The molecule has 0 unspecified atom stereocenters. The molecule has 1 fully saturated rings. The van der Waals surface area contributed by atoms with E-state index in [0.29, 0.717) is 42.5 Å². The molecule has 0 radical (unpaired) electrons. The molecule has 0 bridgehead atoms. The molecule has 0 atom stereocenters. The Morgan fingerprint density at radius 1 is 1.26 bits per heavy atom. The Morgan fingerprint density at radius 3 is 2.59 bits per heavy atom. The number of nitrogens with one attached hydrogen (secondary N) is 1. The number of carbonyl (C=O) groups is 1. The van der Waals surface area contributed by atoms with Gasteiger partial charge in [0.05, 0.1) is 22.8 Å². The third-order valence-corrected chi connectivity index (χ3v) is 6.44. The van der Waals surface area contributed by atoms with Gasteiger partial charge in [-0.3, -0.25) is 10.1 Å². The lowest BCUT2D eigenvalue weighted by molar-refractivity contribution is -0.121. The van der Waals surface area contributed by atoms with E-state index in [1.807, 2.05) is 6.07 Å². The van der Waals surface area contributed by atoms with Crippen LogP contribution in [0.5, 0.6) is 0 Å². The van der Waals surface area contributed by atoms with Gasteiger partial charge in [-0.25, -0.2) is 22.4 Å². The zero-order chi connectivity index (χ0) is 19.6. The predicted octanol–water partition coefficient (Wildman–Crippen LogP) is 2.24. The van der Waals surface area contributed by atoms with Crippen molar-refractivity contribution in [3.8, 4) is 0 Å². The van der Waals surface area contributed by atoms with Crippen molar-refractivity contribution < 1.29 is 13.2 Å². The summed E-state index contributed by atoms with van der Waals surface area (Å²) in [5, 5.41) is 7.87. The summed E-state index contributed by atoms with van der Waals surface area (Å²) in [5.41, 5.74) is 0.903. The number of hydrogen-bond acceptors (Lipinski definition) is 5. The lowest BCUT2D eigenvalue weighted by Crippen LogP contribution is -2.41. The molecule has 0 spiro atoms. The van der Waals surface area contributed by atoms with Gasteiger partial charge in [0.15, 0.2) is 0 Å². The average Bonchev–Trinajstić information content (AvgIpc) is 3.04. The van der Waals surface area contributed by atoms with E-state index in [0.717, 1.165) is 5.56 Å². The molecule has 1 aliphatic rings. The Kier molecular flexibility index (Phi) is 6.05. The monoisotopic (exact) mass is 431 g/mol. The summed E-state index contributed by atoms with van der Waals surface area (Å²) >= 11 is 11.9. The van der Waals surface area contributed by atoms with Crippen LogP contribution in [0.1, 0.15) is 18.4 Å². The highest BCUT2D eigenvalue weighted by molar-refractivity contribution is 7.88. The van der Waals surface area contributed by atoms with Gasteiger partial charge in [-0.05, 0) is 30.5 Å². The number of nitrogens with zero attached hydrogens (tertiary/aromatic N) is 4. The second kappa shape index (κ2) is 8.14. The Hall–Kier alpha value is -1.68. The Morgan fingerprint density at radius 2 is 1.96 bits per heavy atom. The fourth-order valence-electron chi connectivity index (χ4n) is 2.92. The van der Waals surface area contributed by atoms with Crippen LogP contribution >= 0.6 is 23.2 Å². The van der Waals surface area contributed by atoms with Crippen LogP contribution in [-0.4, -0.2) is 52.7 Å². The van der Waals surface area contributed by atoms with Crippen molar-refractivity contribution in [1.82, 2.24) is 19.1 Å². The van der Waals surface area contributed by atoms with Crippen LogP contribution in [0, 0.1) is 5.92 Å². The van der Waals surface area contributed by atoms with Gasteiger partial charge in [0.25, 0.3) is 0 Å². The second-order valence-corrected chi connectivity index (χ2v) is 9.24. The first-order chi connectivity index (χ1) is 12.7. The highest BCUT2D eigenvalue weighted by Gasteiger charge is 2.29. The van der Waals surface area contributed by atoms with Gasteiger partial charge in [-0.15, -0.1) is 5.10 Å². The Balaban J connectivity index is 1.56. The summed E-state index contributed by atoms with van der Waals surface area (Å²) in [5.74, 6) is -0.244. The third-order valence-electron chi connectivity index (χ3n) is 4.39. The summed E-state index contributed by atoms with van der Waals surface area (Å²) in [4.78, 5) is 16.5. The SMILES string of the molecule is CS(=O)(=O)N1CCC(C(=O)Nc2ncn(Cc3ccc(Cl)c(Cl)c3)n2)CC1. The molecular formula is C16H19Cl2N5O3S. The van der Waals surface area contributed by atoms with Crippen molar-refractivity contribution in [3.05, 3.63) is 40.1 Å². The molecule has 1 aromatic heterocycles. The number of anilines is 1. The van der Waals surface area contributed by atoms with E-state index in [-0.39, 0.29) is 17.8 Å². The Bertz CT molecular complexity index is 939. The number of aromatic nitrogens is 3. The quantitative estimate of drug-likeness (QED) is 0.782. The van der Waals surface area contributed by atoms with Crippen LogP contribution in [0.3, 0.4) is 0 Å². The zero-order valence-electron chi connectivity index (χ0n) is 14.6. The number of carbonyl (C=O) groups excluding carboxylic acids is 1. The maximum atomic E-state index is 12.4. The summed E-state index contributed by atoms with van der Waals surface area (Å²) in [7, 11) is -3.21. The maximum absolute atomic E-state index is 12.4. The normalized spacial score (nSPS) is 16.4. The van der Waals surface area contributed by atoms with E-state index >= 15 is 0 Å². The zero-order valence-corrected chi connectivity index (χ0v) is 16.9. The van der Waals surface area contributed by atoms with E-state index < -0.39 is 10.0 Å². The van der Waals surface area contributed by atoms with Gasteiger partial charge in [0, 0.05) is 19.0 Å². The fraction of sp³-hybridized carbons (Fsp3) is 0.438. The number of halogens is 2. The molecule has 3 rings (SSSR count). The number of sulfonamides is 1. The fourth-order valence-corrected chi connectivity index (χ4v) is 4.11. The molecule has 2 heterocycles. The van der Waals surface area contributed by atoms with Gasteiger partial charge in [-0.2, -0.15) is 0 Å². The van der Waals surface area contributed by atoms with Crippen molar-refractivity contribution in [3.63, 3.8) is 0 Å². The number of amides is 1. The van der Waals surface area contributed by atoms with Gasteiger partial charge in [0.2, 0.25) is 21.9 Å². The molecule has 8 nitrogen and oxygen atoms in total. The largest absolute Gasteiger partial charge is 0.293 e. The molecule has 27 heavy (non-hydrogen) atoms. The lowest BCUT2D eigenvalue weighted by atomic mass is 9.97. The number of benzene rings is 1. The first-order valence-corrected chi connectivity index (χ1v) is 10.9.